The molecule has 1 aliphatic heterocycles. The van der Waals surface area contributed by atoms with E-state index in [9.17, 15) is 26.4 Å². The summed E-state index contributed by atoms with van der Waals surface area (Å²) in [7, 11) is -3.34. The molecular formula is C27H35F3N4O3S. The van der Waals surface area contributed by atoms with Crippen LogP contribution < -0.4 is 5.32 Å². The zero-order chi connectivity index (χ0) is 27.7. The van der Waals surface area contributed by atoms with Gasteiger partial charge in [0.1, 0.15) is 0 Å². The summed E-state index contributed by atoms with van der Waals surface area (Å²) in [5, 5.41) is 2.81. The van der Waals surface area contributed by atoms with Crippen molar-refractivity contribution < 1.29 is 26.4 Å². The van der Waals surface area contributed by atoms with E-state index in [-0.39, 0.29) is 53.8 Å². The van der Waals surface area contributed by atoms with Crippen LogP contribution >= 0.6 is 0 Å². The first kappa shape index (κ1) is 28.5. The van der Waals surface area contributed by atoms with Crippen molar-refractivity contribution in [3.63, 3.8) is 0 Å². The van der Waals surface area contributed by atoms with Gasteiger partial charge in [-0.25, -0.2) is 8.42 Å². The molecule has 2 aromatic heterocycles. The number of carbonyl (C=O) groups is 1. The SMILES string of the molecule is CCS(=O)(=O)c1ccc(CNC(=O)c2cnc3c(c2)CN(C[C@H]2CC[C@H](C(F)(F)F)CC2)[C@H]3C(C)C)nc1. The number of hydrogen-bond donors (Lipinski definition) is 1. The Balaban J connectivity index is 1.38. The summed E-state index contributed by atoms with van der Waals surface area (Å²) in [4.78, 5) is 24.1. The Morgan fingerprint density at radius 2 is 1.84 bits per heavy atom. The van der Waals surface area contributed by atoms with Gasteiger partial charge in [0.15, 0.2) is 9.84 Å². The van der Waals surface area contributed by atoms with E-state index < -0.39 is 21.9 Å². The highest BCUT2D eigenvalue weighted by atomic mass is 32.2. The summed E-state index contributed by atoms with van der Waals surface area (Å²) in [5.74, 6) is -1.02. The van der Waals surface area contributed by atoms with Crippen LogP contribution in [-0.2, 0) is 22.9 Å². The summed E-state index contributed by atoms with van der Waals surface area (Å²) >= 11 is 0. The number of nitrogens with one attached hydrogen (secondary N) is 1. The number of amides is 1. The molecule has 0 unspecified atom stereocenters. The van der Waals surface area contributed by atoms with Gasteiger partial charge in [0, 0.05) is 25.5 Å². The average molecular weight is 553 g/mol. The quantitative estimate of drug-likeness (QED) is 0.491. The van der Waals surface area contributed by atoms with Crippen molar-refractivity contribution in [2.75, 3.05) is 12.3 Å². The normalized spacial score (nSPS) is 22.4. The van der Waals surface area contributed by atoms with E-state index in [1.54, 1.807) is 19.2 Å². The van der Waals surface area contributed by atoms with Crippen molar-refractivity contribution in [1.29, 1.82) is 0 Å². The van der Waals surface area contributed by atoms with Crippen molar-refractivity contribution in [2.45, 2.75) is 76.7 Å². The molecule has 3 heterocycles. The second-order valence-corrected chi connectivity index (χ2v) is 13.0. The summed E-state index contributed by atoms with van der Waals surface area (Å²) < 4.78 is 63.1. The highest BCUT2D eigenvalue weighted by Gasteiger charge is 2.42. The van der Waals surface area contributed by atoms with Gasteiger partial charge in [-0.05, 0) is 61.3 Å². The highest BCUT2D eigenvalue weighted by Crippen LogP contribution is 2.43. The molecule has 1 fully saturated rings. The van der Waals surface area contributed by atoms with Crippen molar-refractivity contribution in [3.05, 3.63) is 53.1 Å². The minimum absolute atomic E-state index is 0.00956. The zero-order valence-electron chi connectivity index (χ0n) is 22.0. The molecule has 4 rings (SSSR count). The Bertz CT molecular complexity index is 1240. The van der Waals surface area contributed by atoms with Crippen LogP contribution in [0.5, 0.6) is 0 Å². The first-order valence-corrected chi connectivity index (χ1v) is 14.8. The number of rotatable bonds is 8. The van der Waals surface area contributed by atoms with E-state index in [1.165, 1.54) is 12.3 Å². The molecule has 7 nitrogen and oxygen atoms in total. The van der Waals surface area contributed by atoms with Crippen LogP contribution in [-0.4, -0.2) is 47.7 Å². The standard InChI is InChI=1S/C27H35F3N4O3S/c1-4-38(36,37)23-10-9-22(31-14-23)13-33-26(35)19-11-20-16-34(25(17(2)3)24(20)32-12-19)15-18-5-7-21(8-6-18)27(28,29)30/h9-12,14,17-18,21,25H,4-8,13,15-16H2,1-3H3,(H,33,35)/t18-,21-,25-/m0/s1. The lowest BCUT2D eigenvalue weighted by Gasteiger charge is -2.35. The maximum absolute atomic E-state index is 13.1. The van der Waals surface area contributed by atoms with Crippen LogP contribution in [0.25, 0.3) is 0 Å². The van der Waals surface area contributed by atoms with Gasteiger partial charge >= 0.3 is 6.18 Å². The van der Waals surface area contributed by atoms with Crippen LogP contribution in [0.3, 0.4) is 0 Å². The minimum Gasteiger partial charge on any atom is -0.346 e. The number of halogens is 3. The average Bonchev–Trinajstić information content (AvgIpc) is 3.24. The third-order valence-corrected chi connectivity index (χ3v) is 9.43. The van der Waals surface area contributed by atoms with Gasteiger partial charge in [-0.15, -0.1) is 0 Å². The van der Waals surface area contributed by atoms with Crippen LogP contribution in [0, 0.1) is 17.8 Å². The molecule has 1 amide bonds. The molecule has 11 heteroatoms. The predicted octanol–water partition coefficient (Wildman–Crippen LogP) is 5.08. The molecule has 2 aromatic rings. The number of aromatic nitrogens is 2. The second-order valence-electron chi connectivity index (χ2n) is 10.7. The third-order valence-electron chi connectivity index (χ3n) is 7.71. The first-order chi connectivity index (χ1) is 17.9. The number of fused-ring (bicyclic) bond motifs is 1. The predicted molar refractivity (Wildman–Crippen MR) is 137 cm³/mol. The molecule has 0 bridgehead atoms. The lowest BCUT2D eigenvalue weighted by Crippen LogP contribution is -2.35. The monoisotopic (exact) mass is 552 g/mol. The van der Waals surface area contributed by atoms with Crippen LogP contribution in [0.4, 0.5) is 13.2 Å². The molecule has 1 aliphatic carbocycles. The van der Waals surface area contributed by atoms with Crippen LogP contribution in [0.2, 0.25) is 0 Å². The van der Waals surface area contributed by atoms with Crippen LogP contribution in [0.15, 0.2) is 35.5 Å². The van der Waals surface area contributed by atoms with Crippen molar-refractivity contribution >= 4 is 15.7 Å². The fraction of sp³-hybridized carbons (Fsp3) is 0.593. The van der Waals surface area contributed by atoms with E-state index >= 15 is 0 Å². The van der Waals surface area contributed by atoms with Gasteiger partial charge in [0.05, 0.1) is 46.1 Å². The summed E-state index contributed by atoms with van der Waals surface area (Å²) in [6, 6.07) is 4.97. The number of sulfone groups is 1. The second kappa shape index (κ2) is 11.3. The smallest absolute Gasteiger partial charge is 0.346 e. The Labute approximate surface area is 222 Å². The largest absolute Gasteiger partial charge is 0.391 e. The highest BCUT2D eigenvalue weighted by molar-refractivity contribution is 7.91. The molecule has 0 aromatic carbocycles. The molecule has 0 spiro atoms. The fourth-order valence-electron chi connectivity index (χ4n) is 5.59. The first-order valence-electron chi connectivity index (χ1n) is 13.1. The Morgan fingerprint density at radius 1 is 1.13 bits per heavy atom. The lowest BCUT2D eigenvalue weighted by molar-refractivity contribution is -0.184. The van der Waals surface area contributed by atoms with Crippen molar-refractivity contribution in [1.82, 2.24) is 20.2 Å². The van der Waals surface area contributed by atoms with E-state index in [1.807, 2.05) is 6.07 Å². The Morgan fingerprint density at radius 3 is 2.42 bits per heavy atom. The summed E-state index contributed by atoms with van der Waals surface area (Å²) in [6.07, 6.45) is 0.279. The molecule has 1 saturated carbocycles. The third kappa shape index (κ3) is 6.36. The molecule has 1 N–H and O–H groups in total. The van der Waals surface area contributed by atoms with E-state index in [0.717, 1.165) is 17.8 Å². The Hall–Kier alpha value is -2.53. The maximum atomic E-state index is 13.1. The van der Waals surface area contributed by atoms with Gasteiger partial charge < -0.3 is 5.32 Å². The molecular weight excluding hydrogens is 517 g/mol. The van der Waals surface area contributed by atoms with Gasteiger partial charge in [-0.1, -0.05) is 20.8 Å². The van der Waals surface area contributed by atoms with Crippen molar-refractivity contribution in [2.24, 2.45) is 17.8 Å². The molecule has 0 saturated heterocycles. The number of hydrogen-bond acceptors (Lipinski definition) is 6. The van der Waals surface area contributed by atoms with E-state index in [2.05, 4.69) is 34.0 Å². The van der Waals surface area contributed by atoms with Crippen LogP contribution in [0.1, 0.15) is 79.8 Å². The molecule has 1 atom stereocenters. The number of pyridine rings is 2. The maximum Gasteiger partial charge on any atom is 0.391 e. The summed E-state index contributed by atoms with van der Waals surface area (Å²) in [6.45, 7) is 7.27. The molecule has 208 valence electrons. The molecule has 38 heavy (non-hydrogen) atoms. The number of nitrogens with zero attached hydrogens (tertiary/aromatic N) is 3. The topological polar surface area (TPSA) is 92.3 Å². The van der Waals surface area contributed by atoms with Gasteiger partial charge in [-0.3, -0.25) is 19.7 Å². The molecule has 2 aliphatic rings. The lowest BCUT2D eigenvalue weighted by atomic mass is 9.81. The fourth-order valence-corrected chi connectivity index (χ4v) is 6.41. The minimum atomic E-state index is -4.11. The van der Waals surface area contributed by atoms with Gasteiger partial charge in [0.2, 0.25) is 0 Å². The van der Waals surface area contributed by atoms with Crippen molar-refractivity contribution in [3.8, 4) is 0 Å². The molecule has 0 radical (unpaired) electrons. The number of alkyl halides is 3. The van der Waals surface area contributed by atoms with E-state index in [0.29, 0.717) is 30.6 Å². The summed E-state index contributed by atoms with van der Waals surface area (Å²) in [5.41, 5.74) is 2.85. The number of carbonyl (C=O) groups excluding carboxylic acids is 1. The Kier molecular flexibility index (Phi) is 8.46. The van der Waals surface area contributed by atoms with E-state index in [4.69, 9.17) is 0 Å². The van der Waals surface area contributed by atoms with Gasteiger partial charge in [-0.2, -0.15) is 13.2 Å². The van der Waals surface area contributed by atoms with Gasteiger partial charge in [0.25, 0.3) is 5.91 Å². The zero-order valence-corrected chi connectivity index (χ0v) is 22.8.